The summed E-state index contributed by atoms with van der Waals surface area (Å²) >= 11 is 0. The summed E-state index contributed by atoms with van der Waals surface area (Å²) in [5.74, 6) is 0.867. The maximum atomic E-state index is 12.3. The van der Waals surface area contributed by atoms with Gasteiger partial charge in [0.05, 0.1) is 6.42 Å². The molecule has 3 heterocycles. The molecule has 0 radical (unpaired) electrons. The molecule has 1 aromatic carbocycles. The van der Waals surface area contributed by atoms with E-state index in [1.807, 2.05) is 54.2 Å². The third kappa shape index (κ3) is 2.98. The number of aryl methyl sites for hydroxylation is 1. The van der Waals surface area contributed by atoms with Gasteiger partial charge in [-0.05, 0) is 23.8 Å². The van der Waals surface area contributed by atoms with Gasteiger partial charge in [0.1, 0.15) is 5.82 Å². The van der Waals surface area contributed by atoms with Crippen molar-refractivity contribution >= 4 is 22.5 Å². The van der Waals surface area contributed by atoms with Crippen LogP contribution >= 0.6 is 0 Å². The fraction of sp³-hybridized carbons (Fsp3) is 0.211. The minimum absolute atomic E-state index is 0.0187. The molecule has 126 valence electrons. The summed E-state index contributed by atoms with van der Waals surface area (Å²) in [6.45, 7) is 0.541. The van der Waals surface area contributed by atoms with Gasteiger partial charge in [-0.25, -0.2) is 0 Å². The molecule has 25 heavy (non-hydrogen) atoms. The predicted molar refractivity (Wildman–Crippen MR) is 96.3 cm³/mol. The first kappa shape index (κ1) is 15.4. The molecule has 0 fully saturated rings. The normalized spacial score (nSPS) is 11.2. The number of rotatable bonds is 5. The van der Waals surface area contributed by atoms with Crippen molar-refractivity contribution in [1.29, 1.82) is 0 Å². The number of carbonyl (C=O) groups excluding carboxylic acids is 1. The Morgan fingerprint density at radius 2 is 1.96 bits per heavy atom. The van der Waals surface area contributed by atoms with E-state index in [1.54, 1.807) is 0 Å². The van der Waals surface area contributed by atoms with E-state index in [2.05, 4.69) is 32.2 Å². The number of amides is 1. The van der Waals surface area contributed by atoms with Gasteiger partial charge in [-0.1, -0.05) is 24.3 Å². The van der Waals surface area contributed by atoms with Gasteiger partial charge in [-0.2, -0.15) is 0 Å². The van der Waals surface area contributed by atoms with Crippen LogP contribution in [0.2, 0.25) is 0 Å². The largest absolute Gasteiger partial charge is 0.355 e. The highest BCUT2D eigenvalue weighted by Gasteiger charge is 2.11. The van der Waals surface area contributed by atoms with E-state index in [1.165, 1.54) is 0 Å². The van der Waals surface area contributed by atoms with Crippen LogP contribution in [-0.4, -0.2) is 31.6 Å². The van der Waals surface area contributed by atoms with Crippen molar-refractivity contribution in [2.45, 2.75) is 12.8 Å². The third-order valence-corrected chi connectivity index (χ3v) is 4.39. The lowest BCUT2D eigenvalue weighted by Crippen LogP contribution is -2.27. The Morgan fingerprint density at radius 3 is 2.88 bits per heavy atom. The first-order chi connectivity index (χ1) is 12.2. The lowest BCUT2D eigenvalue weighted by atomic mass is 10.1. The smallest absolute Gasteiger partial charge is 0.224 e. The van der Waals surface area contributed by atoms with Crippen LogP contribution in [0.1, 0.15) is 11.4 Å². The zero-order chi connectivity index (χ0) is 17.2. The molecule has 3 aromatic heterocycles. The van der Waals surface area contributed by atoms with Crippen LogP contribution in [0.5, 0.6) is 0 Å². The Hall–Kier alpha value is -3.15. The van der Waals surface area contributed by atoms with Gasteiger partial charge in [0.2, 0.25) is 5.91 Å². The summed E-state index contributed by atoms with van der Waals surface area (Å²) in [6, 6.07) is 13.9. The number of hydrogen-bond donors (Lipinski definition) is 1. The summed E-state index contributed by atoms with van der Waals surface area (Å²) in [7, 11) is 2.00. The summed E-state index contributed by atoms with van der Waals surface area (Å²) in [5.41, 5.74) is 3.00. The average molecular weight is 333 g/mol. The van der Waals surface area contributed by atoms with Crippen LogP contribution < -0.4 is 5.32 Å². The molecule has 0 aliphatic heterocycles. The molecule has 0 aliphatic carbocycles. The fourth-order valence-corrected chi connectivity index (χ4v) is 3.18. The molecule has 6 nitrogen and oxygen atoms in total. The second-order valence-corrected chi connectivity index (χ2v) is 6.10. The number of benzene rings is 1. The van der Waals surface area contributed by atoms with Crippen LogP contribution in [0.3, 0.4) is 0 Å². The quantitative estimate of drug-likeness (QED) is 0.608. The van der Waals surface area contributed by atoms with Crippen LogP contribution in [0.4, 0.5) is 0 Å². The van der Waals surface area contributed by atoms with Crippen molar-refractivity contribution in [3.8, 4) is 0 Å². The van der Waals surface area contributed by atoms with Crippen molar-refractivity contribution in [2.75, 3.05) is 6.54 Å². The topological polar surface area (TPSA) is 64.2 Å². The molecule has 0 saturated carbocycles. The molecule has 0 saturated heterocycles. The molecule has 4 rings (SSSR count). The molecule has 1 amide bonds. The zero-order valence-electron chi connectivity index (χ0n) is 14.0. The first-order valence-corrected chi connectivity index (χ1v) is 8.30. The van der Waals surface area contributed by atoms with E-state index >= 15 is 0 Å². The average Bonchev–Trinajstić information content (AvgIpc) is 3.17. The number of pyridine rings is 1. The minimum Gasteiger partial charge on any atom is -0.355 e. The molecule has 0 aliphatic rings. The van der Waals surface area contributed by atoms with E-state index in [-0.39, 0.29) is 5.91 Å². The van der Waals surface area contributed by atoms with Crippen molar-refractivity contribution in [3.05, 3.63) is 66.2 Å². The number of nitrogens with one attached hydrogen (secondary N) is 1. The van der Waals surface area contributed by atoms with Gasteiger partial charge in [0, 0.05) is 43.3 Å². The highest BCUT2D eigenvalue weighted by molar-refractivity contribution is 5.89. The van der Waals surface area contributed by atoms with Gasteiger partial charge in [-0.15, -0.1) is 10.2 Å². The van der Waals surface area contributed by atoms with Gasteiger partial charge >= 0.3 is 0 Å². The van der Waals surface area contributed by atoms with Crippen molar-refractivity contribution < 1.29 is 4.79 Å². The van der Waals surface area contributed by atoms with Gasteiger partial charge in [-0.3, -0.25) is 9.20 Å². The second kappa shape index (κ2) is 6.39. The molecule has 0 unspecified atom stereocenters. The molecular weight excluding hydrogens is 314 g/mol. The van der Waals surface area contributed by atoms with E-state index in [4.69, 9.17) is 0 Å². The molecular formula is C19H19N5O. The molecule has 6 heteroatoms. The van der Waals surface area contributed by atoms with Crippen LogP contribution in [-0.2, 0) is 24.7 Å². The summed E-state index contributed by atoms with van der Waals surface area (Å²) in [4.78, 5) is 12.3. The maximum absolute atomic E-state index is 12.3. The van der Waals surface area contributed by atoms with Gasteiger partial charge < -0.3 is 9.88 Å². The minimum atomic E-state index is 0.0187. The number of para-hydroxylation sites is 1. The number of aromatic nitrogens is 4. The first-order valence-electron chi connectivity index (χ1n) is 8.30. The van der Waals surface area contributed by atoms with Gasteiger partial charge in [0.25, 0.3) is 0 Å². The Kier molecular flexibility index (Phi) is 3.93. The molecule has 0 bridgehead atoms. The van der Waals surface area contributed by atoms with Gasteiger partial charge in [0.15, 0.2) is 5.65 Å². The number of fused-ring (bicyclic) bond motifs is 2. The van der Waals surface area contributed by atoms with E-state index in [0.29, 0.717) is 19.4 Å². The van der Waals surface area contributed by atoms with E-state index < -0.39 is 0 Å². The lowest BCUT2D eigenvalue weighted by Gasteiger charge is -2.04. The maximum Gasteiger partial charge on any atom is 0.224 e. The highest BCUT2D eigenvalue weighted by atomic mass is 16.1. The van der Waals surface area contributed by atoms with Crippen molar-refractivity contribution in [1.82, 2.24) is 24.5 Å². The molecule has 0 spiro atoms. The van der Waals surface area contributed by atoms with Crippen LogP contribution in [0, 0.1) is 0 Å². The molecule has 0 atom stereocenters. The SMILES string of the molecule is Cn1cc(CC(=O)NCCc2nnc3ccccn23)c2ccccc21. The lowest BCUT2D eigenvalue weighted by molar-refractivity contribution is -0.120. The Labute approximate surface area is 145 Å². The van der Waals surface area contributed by atoms with Crippen molar-refractivity contribution in [3.63, 3.8) is 0 Å². The summed E-state index contributed by atoms with van der Waals surface area (Å²) in [5, 5.41) is 12.4. The summed E-state index contributed by atoms with van der Waals surface area (Å²) in [6.07, 6.45) is 4.98. The second-order valence-electron chi connectivity index (χ2n) is 6.10. The van der Waals surface area contributed by atoms with E-state index in [9.17, 15) is 4.79 Å². The zero-order valence-corrected chi connectivity index (χ0v) is 14.0. The number of carbonyl (C=O) groups is 1. The van der Waals surface area contributed by atoms with Crippen molar-refractivity contribution in [2.24, 2.45) is 7.05 Å². The summed E-state index contributed by atoms with van der Waals surface area (Å²) < 4.78 is 4.00. The Morgan fingerprint density at radius 1 is 1.12 bits per heavy atom. The van der Waals surface area contributed by atoms with Crippen LogP contribution in [0.25, 0.3) is 16.6 Å². The monoisotopic (exact) mass is 333 g/mol. The van der Waals surface area contributed by atoms with Crippen LogP contribution in [0.15, 0.2) is 54.9 Å². The highest BCUT2D eigenvalue weighted by Crippen LogP contribution is 2.20. The molecule has 1 N–H and O–H groups in total. The fourth-order valence-electron chi connectivity index (χ4n) is 3.18. The molecule has 4 aromatic rings. The standard InChI is InChI=1S/C19H19N5O/c1-23-13-14(15-6-2-3-7-16(15)23)12-19(25)20-10-9-18-22-21-17-8-4-5-11-24(17)18/h2-8,11,13H,9-10,12H2,1H3,(H,20,25). The van der Waals surface area contributed by atoms with E-state index in [0.717, 1.165) is 27.9 Å². The third-order valence-electron chi connectivity index (χ3n) is 4.39. The Balaban J connectivity index is 1.39. The predicted octanol–water partition coefficient (Wildman–Crippen LogP) is 2.12. The Bertz CT molecular complexity index is 1050. The number of nitrogens with zero attached hydrogens (tertiary/aromatic N) is 4. The number of hydrogen-bond acceptors (Lipinski definition) is 3.